The van der Waals surface area contributed by atoms with Crippen molar-refractivity contribution in [3.8, 4) is 0 Å². The van der Waals surface area contributed by atoms with Crippen molar-refractivity contribution < 1.29 is 29.1 Å². The normalized spacial score (nSPS) is 16.4. The number of carboxylic acids is 1. The highest BCUT2D eigenvalue weighted by molar-refractivity contribution is 6.35. The number of carbonyl (C=O) groups is 5. The van der Waals surface area contributed by atoms with Crippen LogP contribution in [0.15, 0.2) is 66.9 Å². The average molecular weight is 492 g/mol. The van der Waals surface area contributed by atoms with Gasteiger partial charge in [-0.15, -0.1) is 0 Å². The molecule has 0 saturated carbocycles. The third kappa shape index (κ3) is 6.04. The number of benzene rings is 2. The molecule has 0 bridgehead atoms. The first kappa shape index (κ1) is 26.3. The fraction of sp³-hybridized carbons (Fsp3) is 0.296. The first-order valence-corrected chi connectivity index (χ1v) is 11.6. The molecule has 2 aromatic rings. The molecule has 0 aliphatic carbocycles. The van der Waals surface area contributed by atoms with Crippen molar-refractivity contribution >= 4 is 35.2 Å². The van der Waals surface area contributed by atoms with Gasteiger partial charge in [0, 0.05) is 19.5 Å². The zero-order valence-electron chi connectivity index (χ0n) is 20.4. The number of aliphatic carboxylic acids is 1. The average Bonchev–Trinajstić information content (AvgIpc) is 2.84. The first-order chi connectivity index (χ1) is 17.1. The van der Waals surface area contributed by atoms with Gasteiger partial charge in [-0.1, -0.05) is 74.5 Å². The summed E-state index contributed by atoms with van der Waals surface area (Å²) < 4.78 is 0. The lowest BCUT2D eigenvalue weighted by Gasteiger charge is -2.40. The Labute approximate surface area is 209 Å². The van der Waals surface area contributed by atoms with E-state index >= 15 is 0 Å². The number of Topliss-reactive ketones (excluding diaryl/α,β-unsaturated/α-hetero) is 1. The Hall–Kier alpha value is -4.27. The van der Waals surface area contributed by atoms with Crippen molar-refractivity contribution in [3.05, 3.63) is 78.0 Å². The molecule has 2 N–H and O–H groups in total. The molecule has 1 aliphatic rings. The summed E-state index contributed by atoms with van der Waals surface area (Å²) in [6.07, 6.45) is 1.54. The maximum Gasteiger partial charge on any atom is 0.374 e. The Kier molecular flexibility index (Phi) is 8.37. The number of ketones is 1. The van der Waals surface area contributed by atoms with Gasteiger partial charge in [0.1, 0.15) is 18.6 Å². The quantitative estimate of drug-likeness (QED) is 0.518. The maximum atomic E-state index is 13.6. The van der Waals surface area contributed by atoms with Crippen LogP contribution in [-0.2, 0) is 30.4 Å². The molecule has 0 aromatic heterocycles. The van der Waals surface area contributed by atoms with E-state index < -0.39 is 42.2 Å². The molecule has 9 heteroatoms. The molecule has 0 fully saturated rings. The Bertz CT molecular complexity index is 1180. The van der Waals surface area contributed by atoms with E-state index in [1.54, 1.807) is 80.7 Å². The number of carboxylic acid groups (broad SMARTS) is 1. The summed E-state index contributed by atoms with van der Waals surface area (Å²) in [6.45, 7) is 4.53. The summed E-state index contributed by atoms with van der Waals surface area (Å²) in [6, 6.07) is 15.5. The Balaban J connectivity index is 1.92. The van der Waals surface area contributed by atoms with Crippen LogP contribution in [0.25, 0.3) is 5.70 Å². The Morgan fingerprint density at radius 3 is 2.08 bits per heavy atom. The van der Waals surface area contributed by atoms with Crippen LogP contribution in [0, 0.1) is 5.92 Å². The van der Waals surface area contributed by atoms with Crippen LogP contribution < -0.4 is 5.32 Å². The van der Waals surface area contributed by atoms with E-state index in [1.807, 2.05) is 0 Å². The standard InChI is InChI=1S/C27H29N3O6/c1-17(2)24-26(34)30(22(15-29(24)18(3)31)20-12-8-5-9-13-20)16-23(32)28-21(25(33)27(35)36)14-19-10-6-4-7-11-19/h4-13,15,17,21,24H,14,16H2,1-3H3,(H,28,32)(H,35,36)/t21-,24-/m0/s1. The van der Waals surface area contributed by atoms with Crippen LogP contribution in [0.5, 0.6) is 0 Å². The minimum Gasteiger partial charge on any atom is -0.475 e. The highest BCUT2D eigenvalue weighted by Gasteiger charge is 2.40. The molecule has 2 aromatic carbocycles. The van der Waals surface area contributed by atoms with Crippen LogP contribution in [0.1, 0.15) is 31.9 Å². The number of nitrogens with one attached hydrogen (secondary N) is 1. The van der Waals surface area contributed by atoms with Gasteiger partial charge in [-0.2, -0.15) is 0 Å². The van der Waals surface area contributed by atoms with Crippen LogP contribution in [0.2, 0.25) is 0 Å². The van der Waals surface area contributed by atoms with Crippen LogP contribution >= 0.6 is 0 Å². The topological polar surface area (TPSA) is 124 Å². The van der Waals surface area contributed by atoms with Crippen LogP contribution in [0.4, 0.5) is 0 Å². The van der Waals surface area contributed by atoms with Crippen LogP contribution in [0.3, 0.4) is 0 Å². The molecular weight excluding hydrogens is 462 g/mol. The van der Waals surface area contributed by atoms with Crippen molar-refractivity contribution in [2.24, 2.45) is 5.92 Å². The summed E-state index contributed by atoms with van der Waals surface area (Å²) in [5.41, 5.74) is 1.65. The lowest BCUT2D eigenvalue weighted by molar-refractivity contribution is -0.150. The van der Waals surface area contributed by atoms with Gasteiger partial charge in [-0.25, -0.2) is 4.79 Å². The second kappa shape index (κ2) is 11.4. The van der Waals surface area contributed by atoms with Crippen molar-refractivity contribution in [2.45, 2.75) is 39.3 Å². The Morgan fingerprint density at radius 1 is 0.972 bits per heavy atom. The largest absolute Gasteiger partial charge is 0.475 e. The van der Waals surface area contributed by atoms with Crippen molar-refractivity contribution in [1.29, 1.82) is 0 Å². The van der Waals surface area contributed by atoms with E-state index in [-0.39, 0.29) is 18.2 Å². The molecule has 3 amide bonds. The summed E-state index contributed by atoms with van der Waals surface area (Å²) in [5.74, 6) is -4.50. The fourth-order valence-electron chi connectivity index (χ4n) is 4.17. The highest BCUT2D eigenvalue weighted by atomic mass is 16.4. The zero-order chi connectivity index (χ0) is 26.4. The summed E-state index contributed by atoms with van der Waals surface area (Å²) in [4.78, 5) is 65.4. The fourth-order valence-corrected chi connectivity index (χ4v) is 4.17. The monoisotopic (exact) mass is 491 g/mol. The zero-order valence-corrected chi connectivity index (χ0v) is 20.4. The molecule has 1 aliphatic heterocycles. The van der Waals surface area contributed by atoms with Gasteiger partial charge >= 0.3 is 5.97 Å². The highest BCUT2D eigenvalue weighted by Crippen LogP contribution is 2.29. The minimum atomic E-state index is -1.66. The van der Waals surface area contributed by atoms with Gasteiger partial charge in [0.05, 0.1) is 5.70 Å². The first-order valence-electron chi connectivity index (χ1n) is 11.6. The predicted octanol–water partition coefficient (Wildman–Crippen LogP) is 2.08. The molecular formula is C27H29N3O6. The van der Waals surface area contributed by atoms with Gasteiger partial charge < -0.3 is 15.3 Å². The van der Waals surface area contributed by atoms with E-state index in [2.05, 4.69) is 5.32 Å². The summed E-state index contributed by atoms with van der Waals surface area (Å²) >= 11 is 0. The van der Waals surface area contributed by atoms with E-state index in [9.17, 15) is 29.1 Å². The minimum absolute atomic E-state index is 0.0141. The SMILES string of the molecule is CC(=O)N1C=C(c2ccccc2)N(CC(=O)N[C@@H](Cc2ccccc2)C(=O)C(=O)O)C(=O)[C@@H]1C(C)C. The van der Waals surface area contributed by atoms with E-state index in [0.717, 1.165) is 0 Å². The van der Waals surface area contributed by atoms with Crippen molar-refractivity contribution in [3.63, 3.8) is 0 Å². The number of hydrogen-bond acceptors (Lipinski definition) is 5. The van der Waals surface area contributed by atoms with Gasteiger partial charge in [-0.05, 0) is 17.0 Å². The Morgan fingerprint density at radius 2 is 1.56 bits per heavy atom. The van der Waals surface area contributed by atoms with E-state index in [1.165, 1.54) is 16.7 Å². The summed E-state index contributed by atoms with van der Waals surface area (Å²) in [7, 11) is 0. The molecule has 0 saturated heterocycles. The molecule has 9 nitrogen and oxygen atoms in total. The van der Waals surface area contributed by atoms with Gasteiger partial charge in [0.25, 0.3) is 11.7 Å². The molecule has 0 spiro atoms. The number of rotatable bonds is 9. The number of carbonyl (C=O) groups excluding carboxylic acids is 4. The van der Waals surface area contributed by atoms with Crippen LogP contribution in [-0.4, -0.2) is 63.0 Å². The lowest BCUT2D eigenvalue weighted by atomic mass is 9.97. The van der Waals surface area contributed by atoms with E-state index in [4.69, 9.17) is 0 Å². The van der Waals surface area contributed by atoms with Crippen molar-refractivity contribution in [2.75, 3.05) is 6.54 Å². The third-order valence-electron chi connectivity index (χ3n) is 5.88. The second-order valence-electron chi connectivity index (χ2n) is 8.90. The molecule has 3 rings (SSSR count). The van der Waals surface area contributed by atoms with Gasteiger partial charge in [0.15, 0.2) is 0 Å². The predicted molar refractivity (Wildman–Crippen MR) is 132 cm³/mol. The number of amides is 3. The lowest BCUT2D eigenvalue weighted by Crippen LogP contribution is -2.56. The molecule has 0 unspecified atom stereocenters. The second-order valence-corrected chi connectivity index (χ2v) is 8.90. The van der Waals surface area contributed by atoms with Gasteiger partial charge in [0.2, 0.25) is 11.8 Å². The molecule has 2 atom stereocenters. The molecule has 1 heterocycles. The summed E-state index contributed by atoms with van der Waals surface area (Å²) in [5, 5.41) is 11.8. The smallest absolute Gasteiger partial charge is 0.374 e. The maximum absolute atomic E-state index is 13.6. The molecule has 0 radical (unpaired) electrons. The number of hydrogen-bond donors (Lipinski definition) is 2. The van der Waals surface area contributed by atoms with Gasteiger partial charge in [-0.3, -0.25) is 24.1 Å². The third-order valence-corrected chi connectivity index (χ3v) is 5.88. The molecule has 188 valence electrons. The molecule has 36 heavy (non-hydrogen) atoms. The van der Waals surface area contributed by atoms with E-state index in [0.29, 0.717) is 16.8 Å². The van der Waals surface area contributed by atoms with Crippen molar-refractivity contribution in [1.82, 2.24) is 15.1 Å². The number of nitrogens with zero attached hydrogens (tertiary/aromatic N) is 2.